The molecule has 6 heteroatoms. The van der Waals surface area contributed by atoms with Crippen molar-refractivity contribution >= 4 is 17.6 Å². The van der Waals surface area contributed by atoms with E-state index in [0.717, 1.165) is 23.4 Å². The standard InChI is InChI=1S/C25H28N4O2/c1-4-25(2,3)19-10-8-9-17(13-19)21-15-22(27-24(31)18-14-23(30)26-16-18)28-29(21)20-11-6-5-7-12-20/h5-13,15,18H,4,14,16H2,1-3H3,(H,26,30)(H,27,28,31)/t18-/m1/s1. The van der Waals surface area contributed by atoms with Crippen LogP contribution >= 0.6 is 0 Å². The van der Waals surface area contributed by atoms with E-state index in [4.69, 9.17) is 0 Å². The van der Waals surface area contributed by atoms with Gasteiger partial charge in [-0.1, -0.05) is 57.2 Å². The molecule has 6 nitrogen and oxygen atoms in total. The molecule has 1 atom stereocenters. The van der Waals surface area contributed by atoms with Crippen LogP contribution in [0.25, 0.3) is 16.9 Å². The Hall–Kier alpha value is -3.41. The number of benzene rings is 2. The first-order valence-corrected chi connectivity index (χ1v) is 10.7. The van der Waals surface area contributed by atoms with E-state index in [1.165, 1.54) is 5.56 Å². The summed E-state index contributed by atoms with van der Waals surface area (Å²) in [5.41, 5.74) is 4.17. The molecule has 0 aliphatic carbocycles. The fraction of sp³-hybridized carbons (Fsp3) is 0.320. The monoisotopic (exact) mass is 416 g/mol. The average molecular weight is 417 g/mol. The van der Waals surface area contributed by atoms with Crippen LogP contribution in [-0.4, -0.2) is 28.1 Å². The predicted molar refractivity (Wildman–Crippen MR) is 122 cm³/mol. The quantitative estimate of drug-likeness (QED) is 0.629. The van der Waals surface area contributed by atoms with Gasteiger partial charge in [0.1, 0.15) is 0 Å². The van der Waals surface area contributed by atoms with Gasteiger partial charge in [0.05, 0.1) is 17.3 Å². The van der Waals surface area contributed by atoms with Gasteiger partial charge in [-0.3, -0.25) is 9.59 Å². The van der Waals surface area contributed by atoms with Crippen molar-refractivity contribution in [3.8, 4) is 16.9 Å². The molecule has 2 heterocycles. The fourth-order valence-electron chi connectivity index (χ4n) is 3.74. The molecule has 0 saturated carbocycles. The Morgan fingerprint density at radius 1 is 1.16 bits per heavy atom. The van der Waals surface area contributed by atoms with Crippen LogP contribution in [0.5, 0.6) is 0 Å². The first-order chi connectivity index (χ1) is 14.9. The van der Waals surface area contributed by atoms with Gasteiger partial charge >= 0.3 is 0 Å². The van der Waals surface area contributed by atoms with Crippen LogP contribution in [-0.2, 0) is 15.0 Å². The second-order valence-electron chi connectivity index (χ2n) is 8.67. The van der Waals surface area contributed by atoms with Gasteiger partial charge < -0.3 is 10.6 Å². The summed E-state index contributed by atoms with van der Waals surface area (Å²) in [5.74, 6) is -0.177. The molecule has 1 fully saturated rings. The van der Waals surface area contributed by atoms with Crippen molar-refractivity contribution in [2.24, 2.45) is 5.92 Å². The van der Waals surface area contributed by atoms with Crippen LogP contribution in [0.15, 0.2) is 60.7 Å². The second kappa shape index (κ2) is 8.38. The third-order valence-electron chi connectivity index (χ3n) is 6.13. The van der Waals surface area contributed by atoms with Gasteiger partial charge in [-0.05, 0) is 35.6 Å². The summed E-state index contributed by atoms with van der Waals surface area (Å²) in [4.78, 5) is 24.1. The molecule has 0 radical (unpaired) electrons. The summed E-state index contributed by atoms with van der Waals surface area (Å²) >= 11 is 0. The number of nitrogens with one attached hydrogen (secondary N) is 2. The summed E-state index contributed by atoms with van der Waals surface area (Å²) in [7, 11) is 0. The van der Waals surface area contributed by atoms with Gasteiger partial charge in [-0.25, -0.2) is 4.68 Å². The van der Waals surface area contributed by atoms with Crippen molar-refractivity contribution < 1.29 is 9.59 Å². The van der Waals surface area contributed by atoms with Gasteiger partial charge in [0.2, 0.25) is 11.8 Å². The minimum Gasteiger partial charge on any atom is -0.355 e. The summed E-state index contributed by atoms with van der Waals surface area (Å²) < 4.78 is 1.85. The summed E-state index contributed by atoms with van der Waals surface area (Å²) in [5, 5.41) is 10.3. The molecule has 0 unspecified atom stereocenters. The summed E-state index contributed by atoms with van der Waals surface area (Å²) in [6.07, 6.45) is 1.25. The molecule has 1 aliphatic heterocycles. The van der Waals surface area contributed by atoms with Crippen molar-refractivity contribution in [2.75, 3.05) is 11.9 Å². The molecule has 31 heavy (non-hydrogen) atoms. The molecule has 0 bridgehead atoms. The maximum atomic E-state index is 12.6. The highest BCUT2D eigenvalue weighted by Gasteiger charge is 2.28. The third kappa shape index (κ3) is 4.38. The van der Waals surface area contributed by atoms with Crippen molar-refractivity contribution in [3.05, 3.63) is 66.2 Å². The molecule has 4 rings (SSSR count). The van der Waals surface area contributed by atoms with E-state index in [-0.39, 0.29) is 29.6 Å². The van der Waals surface area contributed by atoms with Gasteiger partial charge in [0, 0.05) is 24.6 Å². The molecule has 1 aliphatic rings. The van der Waals surface area contributed by atoms with Crippen LogP contribution in [0.2, 0.25) is 0 Å². The Bertz CT molecular complexity index is 1100. The van der Waals surface area contributed by atoms with E-state index in [0.29, 0.717) is 12.4 Å². The number of nitrogens with zero attached hydrogens (tertiary/aromatic N) is 2. The van der Waals surface area contributed by atoms with Crippen LogP contribution in [0.3, 0.4) is 0 Å². The average Bonchev–Trinajstić information content (AvgIpc) is 3.41. The smallest absolute Gasteiger partial charge is 0.230 e. The SMILES string of the molecule is CCC(C)(C)c1cccc(-c2cc(NC(=O)[C@H]3CNC(=O)C3)nn2-c2ccccc2)c1. The van der Waals surface area contributed by atoms with Gasteiger partial charge in [-0.15, -0.1) is 5.10 Å². The number of aromatic nitrogens is 2. The molecule has 1 aromatic heterocycles. The summed E-state index contributed by atoms with van der Waals surface area (Å²) in [6.45, 7) is 7.04. The van der Waals surface area contributed by atoms with Gasteiger partial charge in [0.25, 0.3) is 0 Å². The van der Waals surface area contributed by atoms with E-state index in [9.17, 15) is 9.59 Å². The fourth-order valence-corrected chi connectivity index (χ4v) is 3.74. The molecule has 0 spiro atoms. The zero-order valence-electron chi connectivity index (χ0n) is 18.2. The number of rotatable bonds is 6. The number of hydrogen-bond acceptors (Lipinski definition) is 3. The van der Waals surface area contributed by atoms with E-state index >= 15 is 0 Å². The highest BCUT2D eigenvalue weighted by molar-refractivity contribution is 5.97. The van der Waals surface area contributed by atoms with Crippen LogP contribution in [0, 0.1) is 5.92 Å². The third-order valence-corrected chi connectivity index (χ3v) is 6.13. The molecular weight excluding hydrogens is 388 g/mol. The molecule has 160 valence electrons. The van der Waals surface area contributed by atoms with Gasteiger partial charge in [0.15, 0.2) is 5.82 Å². The molecule has 2 aromatic carbocycles. The largest absolute Gasteiger partial charge is 0.355 e. The molecular formula is C25H28N4O2. The van der Waals surface area contributed by atoms with E-state index in [1.54, 1.807) is 0 Å². The lowest BCUT2D eigenvalue weighted by Crippen LogP contribution is -2.24. The van der Waals surface area contributed by atoms with Crippen LogP contribution in [0.1, 0.15) is 39.2 Å². The Kier molecular flexibility index (Phi) is 5.63. The Morgan fingerprint density at radius 2 is 1.94 bits per heavy atom. The lowest BCUT2D eigenvalue weighted by molar-refractivity contribution is -0.123. The normalized spacial score (nSPS) is 16.2. The molecule has 3 aromatic rings. The number of amides is 2. The zero-order chi connectivity index (χ0) is 22.0. The maximum absolute atomic E-state index is 12.6. The first-order valence-electron chi connectivity index (χ1n) is 10.7. The highest BCUT2D eigenvalue weighted by Crippen LogP contribution is 2.32. The number of hydrogen-bond donors (Lipinski definition) is 2. The van der Waals surface area contributed by atoms with Crippen LogP contribution in [0.4, 0.5) is 5.82 Å². The van der Waals surface area contributed by atoms with Gasteiger partial charge in [-0.2, -0.15) is 0 Å². The van der Waals surface area contributed by atoms with Crippen molar-refractivity contribution in [1.82, 2.24) is 15.1 Å². The predicted octanol–water partition coefficient (Wildman–Crippen LogP) is 4.30. The molecule has 1 saturated heterocycles. The van der Waals surface area contributed by atoms with Crippen molar-refractivity contribution in [3.63, 3.8) is 0 Å². The lowest BCUT2D eigenvalue weighted by atomic mass is 9.81. The highest BCUT2D eigenvalue weighted by atomic mass is 16.2. The number of para-hydroxylation sites is 1. The summed E-state index contributed by atoms with van der Waals surface area (Å²) in [6, 6.07) is 20.3. The van der Waals surface area contributed by atoms with E-state index in [2.05, 4.69) is 60.8 Å². The van der Waals surface area contributed by atoms with Crippen LogP contribution < -0.4 is 10.6 Å². The minimum atomic E-state index is -0.369. The second-order valence-corrected chi connectivity index (χ2v) is 8.67. The van der Waals surface area contributed by atoms with E-state index in [1.807, 2.05) is 41.1 Å². The molecule has 2 amide bonds. The molecule has 2 N–H and O–H groups in total. The number of carbonyl (C=O) groups is 2. The number of anilines is 1. The minimum absolute atomic E-state index is 0.0622. The zero-order valence-corrected chi connectivity index (χ0v) is 18.2. The topological polar surface area (TPSA) is 76.0 Å². The Balaban J connectivity index is 1.72. The van der Waals surface area contributed by atoms with Crippen molar-refractivity contribution in [2.45, 2.75) is 39.0 Å². The lowest BCUT2D eigenvalue weighted by Gasteiger charge is -2.24. The number of carbonyl (C=O) groups excluding carboxylic acids is 2. The van der Waals surface area contributed by atoms with Crippen molar-refractivity contribution in [1.29, 1.82) is 0 Å². The Morgan fingerprint density at radius 3 is 2.61 bits per heavy atom. The Labute approximate surface area is 182 Å². The first kappa shape index (κ1) is 20.8. The van der Waals surface area contributed by atoms with E-state index < -0.39 is 0 Å². The maximum Gasteiger partial charge on any atom is 0.230 e.